The zero-order chi connectivity index (χ0) is 26.0. The van der Waals surface area contributed by atoms with Gasteiger partial charge < -0.3 is 39.5 Å². The summed E-state index contributed by atoms with van der Waals surface area (Å²) in [6.45, 7) is 2.41. The summed E-state index contributed by atoms with van der Waals surface area (Å²) >= 11 is 0. The van der Waals surface area contributed by atoms with E-state index in [2.05, 4.69) is 28.1 Å². The molecule has 4 heterocycles. The van der Waals surface area contributed by atoms with Crippen molar-refractivity contribution in [2.45, 2.75) is 44.2 Å². The van der Waals surface area contributed by atoms with Crippen LogP contribution in [0.15, 0.2) is 11.1 Å². The van der Waals surface area contributed by atoms with E-state index in [-0.39, 0.29) is 17.1 Å². The van der Waals surface area contributed by atoms with Crippen LogP contribution in [0.1, 0.15) is 20.1 Å². The molecule has 35 heavy (non-hydrogen) atoms. The molecule has 2 saturated heterocycles. The Kier molecular flexibility index (Phi) is 6.65. The third kappa shape index (κ3) is 5.89. The average molecular weight is 563 g/mol. The van der Waals surface area contributed by atoms with Gasteiger partial charge in [0.25, 0.3) is 5.56 Å². The number of anilines is 1. The van der Waals surface area contributed by atoms with Gasteiger partial charge in [-0.15, -0.1) is 0 Å². The Labute approximate surface area is 194 Å². The second-order valence-electron chi connectivity index (χ2n) is 7.79. The maximum atomic E-state index is 12.1. The van der Waals surface area contributed by atoms with Crippen molar-refractivity contribution in [1.29, 1.82) is 0 Å². The normalized spacial score (nSPS) is 29.7. The lowest BCUT2D eigenvalue weighted by Crippen LogP contribution is -2.32. The summed E-state index contributed by atoms with van der Waals surface area (Å²) in [5.74, 6) is -1.32. The molecule has 0 amide bonds. The van der Waals surface area contributed by atoms with Crippen LogP contribution in [0.2, 0.25) is 0 Å². The molecule has 0 saturated carbocycles. The number of hydrogen-bond donors (Lipinski definition) is 6. The third-order valence-electron chi connectivity index (χ3n) is 4.67. The van der Waals surface area contributed by atoms with Crippen molar-refractivity contribution in [3.8, 4) is 0 Å². The largest absolute Gasteiger partial charge is 0.490 e. The first-order valence-corrected chi connectivity index (χ1v) is 14.0. The number of aromatic nitrogens is 4. The Morgan fingerprint density at radius 1 is 1.14 bits per heavy atom. The van der Waals surface area contributed by atoms with Crippen molar-refractivity contribution in [2.75, 3.05) is 12.3 Å². The molecule has 0 bridgehead atoms. The van der Waals surface area contributed by atoms with Crippen molar-refractivity contribution in [2.24, 2.45) is 0 Å². The summed E-state index contributed by atoms with van der Waals surface area (Å²) in [6, 6.07) is 0. The quantitative estimate of drug-likeness (QED) is 0.220. The minimum absolute atomic E-state index is 0.0470. The van der Waals surface area contributed by atoms with Gasteiger partial charge in [-0.1, -0.05) is 0 Å². The molecule has 19 nitrogen and oxygen atoms in total. The number of phosphoric ester groups is 1. The fourth-order valence-electron chi connectivity index (χ4n) is 3.62. The van der Waals surface area contributed by atoms with Crippen LogP contribution in [-0.2, 0) is 41.1 Å². The molecule has 2 aliphatic heterocycles. The second kappa shape index (κ2) is 8.78. The number of H-pyrrole nitrogens is 1. The number of ether oxygens (including phenoxy) is 3. The van der Waals surface area contributed by atoms with Crippen LogP contribution in [0.3, 0.4) is 0 Å². The van der Waals surface area contributed by atoms with E-state index in [9.17, 15) is 28.3 Å². The van der Waals surface area contributed by atoms with Crippen molar-refractivity contribution >= 4 is 40.6 Å². The Hall–Kier alpha value is -1.56. The molecule has 7 N–H and O–H groups in total. The van der Waals surface area contributed by atoms with Crippen LogP contribution >= 0.6 is 23.5 Å². The first-order chi connectivity index (χ1) is 16.0. The first kappa shape index (κ1) is 26.5. The van der Waals surface area contributed by atoms with E-state index in [1.807, 2.05) is 0 Å². The smallest absolute Gasteiger partial charge is 0.369 e. The molecule has 0 aliphatic carbocycles. The van der Waals surface area contributed by atoms with Gasteiger partial charge in [0.05, 0.1) is 12.9 Å². The lowest BCUT2D eigenvalue weighted by atomic mass is 10.1. The predicted octanol–water partition coefficient (Wildman–Crippen LogP) is -0.537. The Bertz CT molecular complexity index is 1340. The maximum Gasteiger partial charge on any atom is 0.490 e. The Morgan fingerprint density at radius 3 is 2.46 bits per heavy atom. The van der Waals surface area contributed by atoms with Crippen molar-refractivity contribution in [1.82, 2.24) is 19.5 Å². The van der Waals surface area contributed by atoms with Gasteiger partial charge >= 0.3 is 23.5 Å². The summed E-state index contributed by atoms with van der Waals surface area (Å²) in [6.07, 6.45) is -2.71. The molecule has 2 fully saturated rings. The monoisotopic (exact) mass is 563 g/mol. The maximum absolute atomic E-state index is 12.1. The van der Waals surface area contributed by atoms with Gasteiger partial charge in [0.2, 0.25) is 5.95 Å². The molecule has 4 rings (SSSR count). The minimum atomic E-state index is -5.69. The van der Waals surface area contributed by atoms with Crippen molar-refractivity contribution < 1.29 is 60.6 Å². The van der Waals surface area contributed by atoms with Crippen LogP contribution in [0, 0.1) is 0 Å². The van der Waals surface area contributed by atoms with E-state index < -0.39 is 66.0 Å². The van der Waals surface area contributed by atoms with Crippen LogP contribution in [0.25, 0.3) is 11.2 Å². The van der Waals surface area contributed by atoms with Gasteiger partial charge in [0, 0.05) is 0 Å². The number of imidazole rings is 1. The first-order valence-electron chi connectivity index (χ1n) is 9.47. The summed E-state index contributed by atoms with van der Waals surface area (Å²) < 4.78 is 65.2. The highest BCUT2D eigenvalue weighted by atomic mass is 31.3. The van der Waals surface area contributed by atoms with Crippen LogP contribution < -0.4 is 11.3 Å². The molecule has 2 aliphatic rings. The van der Waals surface area contributed by atoms with Gasteiger partial charge in [0.1, 0.15) is 18.3 Å². The highest BCUT2D eigenvalue weighted by Gasteiger charge is 2.57. The van der Waals surface area contributed by atoms with E-state index in [1.54, 1.807) is 13.8 Å². The zero-order valence-electron chi connectivity index (χ0n) is 17.7. The van der Waals surface area contributed by atoms with Crippen molar-refractivity contribution in [3.63, 3.8) is 0 Å². The minimum Gasteiger partial charge on any atom is -0.369 e. The number of aromatic amines is 1. The molecule has 0 spiro atoms. The third-order valence-corrected chi connectivity index (χ3v) is 8.47. The molecule has 2 aromatic heterocycles. The summed E-state index contributed by atoms with van der Waals surface area (Å²) in [7, 11) is -16.6. The molecule has 2 aromatic rings. The number of nitrogens with zero attached hydrogens (tertiary/aromatic N) is 3. The molecule has 22 heteroatoms. The summed E-state index contributed by atoms with van der Waals surface area (Å²) in [5, 5.41) is 0. The highest BCUT2D eigenvalue weighted by molar-refractivity contribution is 7.66. The second-order valence-corrected chi connectivity index (χ2v) is 12.2. The number of nitrogen functional groups attached to an aromatic ring is 1. The topological polar surface area (TPSA) is 277 Å². The molecular weight excluding hydrogens is 543 g/mol. The van der Waals surface area contributed by atoms with E-state index in [1.165, 1.54) is 10.9 Å². The summed E-state index contributed by atoms with van der Waals surface area (Å²) in [5.41, 5.74) is 5.02. The van der Waals surface area contributed by atoms with E-state index >= 15 is 0 Å². The number of hydrogen-bond acceptors (Lipinski definition) is 13. The Balaban J connectivity index is 1.55. The Morgan fingerprint density at radius 2 is 1.80 bits per heavy atom. The summed E-state index contributed by atoms with van der Waals surface area (Å²) in [4.78, 5) is 58.7. The predicted molar refractivity (Wildman–Crippen MR) is 110 cm³/mol. The standard InChI is InChI=1S/C13H20N5O14P3/c1-13(2)29-7-5(3-27-34(23,24)32-35(25,26)31-33(20,21)22)28-11(8(7)30-13)18-4-15-6-9(18)16-12(14)17-10(6)19/h4-5,7-8,11H,3H2,1-2H3,(H,23,24)(H,25,26)(H2,20,21,22)(H3,14,16,17,19)/t5-,7?,8+,11-/m1/s1. The van der Waals surface area contributed by atoms with Crippen LogP contribution in [-0.4, -0.2) is 69.8 Å². The average Bonchev–Trinajstić information content (AvgIpc) is 3.28. The number of phosphoric acid groups is 3. The van der Waals surface area contributed by atoms with Gasteiger partial charge in [-0.05, 0) is 13.8 Å². The van der Waals surface area contributed by atoms with Gasteiger partial charge in [-0.25, -0.2) is 18.7 Å². The van der Waals surface area contributed by atoms with Crippen molar-refractivity contribution in [3.05, 3.63) is 16.7 Å². The number of rotatable bonds is 8. The van der Waals surface area contributed by atoms with Gasteiger partial charge in [-0.2, -0.15) is 13.6 Å². The van der Waals surface area contributed by atoms with Gasteiger partial charge in [0.15, 0.2) is 23.2 Å². The molecular formula is C13H20N5O14P3. The SMILES string of the molecule is CC1(C)OC2[C@@H](COP(=O)(O)OP(=O)(O)OP(=O)(O)O)O[C@@H](n3cnc4c(=O)[nH]c(N)nc43)[C@H]2O1. The molecule has 196 valence electrons. The zero-order valence-corrected chi connectivity index (χ0v) is 20.4. The van der Waals surface area contributed by atoms with Crippen LogP contribution in [0.5, 0.6) is 0 Å². The lowest BCUT2D eigenvalue weighted by molar-refractivity contribution is -0.199. The highest BCUT2D eigenvalue weighted by Crippen LogP contribution is 2.66. The molecule has 6 atom stereocenters. The fraction of sp³-hybridized carbons (Fsp3) is 0.615. The molecule has 3 unspecified atom stereocenters. The van der Waals surface area contributed by atoms with E-state index in [0.717, 1.165) is 0 Å². The van der Waals surface area contributed by atoms with E-state index in [0.29, 0.717) is 0 Å². The van der Waals surface area contributed by atoms with Gasteiger partial charge in [-0.3, -0.25) is 18.9 Å². The lowest BCUT2D eigenvalue weighted by Gasteiger charge is -2.25. The number of nitrogens with two attached hydrogens (primary N) is 1. The van der Waals surface area contributed by atoms with Crippen LogP contribution in [0.4, 0.5) is 5.95 Å². The molecule has 0 aromatic carbocycles. The number of fused-ring (bicyclic) bond motifs is 2. The van der Waals surface area contributed by atoms with E-state index in [4.69, 9.17) is 29.7 Å². The fourth-order valence-corrected chi connectivity index (χ4v) is 6.65. The number of nitrogens with one attached hydrogen (secondary N) is 1. The molecule has 0 radical (unpaired) electrons.